The van der Waals surface area contributed by atoms with Gasteiger partial charge in [-0.3, -0.25) is 4.79 Å². The van der Waals surface area contributed by atoms with Crippen LogP contribution < -0.4 is 14.8 Å². The maximum absolute atomic E-state index is 11.9. The topological polar surface area (TPSA) is 71.3 Å². The Kier molecular flexibility index (Phi) is 6.44. The van der Waals surface area contributed by atoms with Crippen LogP contribution in [-0.2, 0) is 11.3 Å². The Morgan fingerprint density at radius 1 is 1.43 bits per heavy atom. The summed E-state index contributed by atoms with van der Waals surface area (Å²) in [7, 11) is 0. The second-order valence-corrected chi connectivity index (χ2v) is 6.36. The second-order valence-electron chi connectivity index (χ2n) is 4.47. The summed E-state index contributed by atoms with van der Waals surface area (Å²) in [4.78, 5) is 13.0. The molecule has 5 nitrogen and oxygen atoms in total. The summed E-state index contributed by atoms with van der Waals surface area (Å²) in [5.41, 5.74) is 0.454. The van der Waals surface area contributed by atoms with Gasteiger partial charge < -0.3 is 14.8 Å². The lowest BCUT2D eigenvalue weighted by Crippen LogP contribution is -2.28. The fourth-order valence-electron chi connectivity index (χ4n) is 1.82. The van der Waals surface area contributed by atoms with Crippen molar-refractivity contribution in [3.8, 4) is 17.6 Å². The Morgan fingerprint density at radius 2 is 2.26 bits per heavy atom. The molecule has 2 rings (SSSR count). The molecule has 0 spiro atoms. The van der Waals surface area contributed by atoms with Crippen molar-refractivity contribution in [3.63, 3.8) is 0 Å². The normalized spacial score (nSPS) is 9.96. The van der Waals surface area contributed by atoms with Crippen molar-refractivity contribution in [2.24, 2.45) is 0 Å². The SMILES string of the molecule is CCOc1cc(C#N)cc(Br)c1OCC(=O)NCc1cccs1. The van der Waals surface area contributed by atoms with Gasteiger partial charge in [0.05, 0.1) is 29.3 Å². The van der Waals surface area contributed by atoms with Gasteiger partial charge in [0.25, 0.3) is 5.91 Å². The number of rotatable bonds is 7. The number of thiophene rings is 1. The molecule has 0 atom stereocenters. The Bertz CT molecular complexity index is 711. The first kappa shape index (κ1) is 17.3. The summed E-state index contributed by atoms with van der Waals surface area (Å²) in [6, 6.07) is 9.16. The van der Waals surface area contributed by atoms with E-state index in [1.165, 1.54) is 0 Å². The van der Waals surface area contributed by atoms with Gasteiger partial charge in [0, 0.05) is 10.9 Å². The van der Waals surface area contributed by atoms with Crippen molar-refractivity contribution in [2.75, 3.05) is 13.2 Å². The van der Waals surface area contributed by atoms with Crippen LogP contribution in [0, 0.1) is 11.3 Å². The van der Waals surface area contributed by atoms with Crippen LogP contribution in [0.2, 0.25) is 0 Å². The van der Waals surface area contributed by atoms with Gasteiger partial charge in [-0.05, 0) is 40.4 Å². The first-order valence-electron chi connectivity index (χ1n) is 6.92. The van der Waals surface area contributed by atoms with E-state index in [2.05, 4.69) is 27.3 Å². The van der Waals surface area contributed by atoms with Crippen LogP contribution in [0.4, 0.5) is 0 Å². The van der Waals surface area contributed by atoms with E-state index in [0.29, 0.717) is 34.7 Å². The third kappa shape index (κ3) is 4.98. The molecule has 120 valence electrons. The van der Waals surface area contributed by atoms with Gasteiger partial charge in [0.15, 0.2) is 18.1 Å². The average molecular weight is 395 g/mol. The minimum absolute atomic E-state index is 0.129. The van der Waals surface area contributed by atoms with Gasteiger partial charge in [-0.15, -0.1) is 11.3 Å². The Labute approximate surface area is 147 Å². The zero-order valence-corrected chi connectivity index (χ0v) is 14.9. The van der Waals surface area contributed by atoms with Gasteiger partial charge in [-0.1, -0.05) is 6.07 Å². The summed E-state index contributed by atoms with van der Waals surface area (Å²) in [6.07, 6.45) is 0. The van der Waals surface area contributed by atoms with Crippen molar-refractivity contribution in [3.05, 3.63) is 44.6 Å². The molecule has 0 radical (unpaired) electrons. The predicted octanol–water partition coefficient (Wildman–Crippen LogP) is 3.48. The molecule has 0 saturated carbocycles. The monoisotopic (exact) mass is 394 g/mol. The number of nitriles is 1. The number of halogens is 1. The Balaban J connectivity index is 1.98. The number of carbonyl (C=O) groups excluding carboxylic acids is 1. The quantitative estimate of drug-likeness (QED) is 0.779. The molecule has 0 unspecified atom stereocenters. The number of nitrogens with one attached hydrogen (secondary N) is 1. The fraction of sp³-hybridized carbons (Fsp3) is 0.250. The van der Waals surface area contributed by atoms with E-state index in [1.807, 2.05) is 24.4 Å². The van der Waals surface area contributed by atoms with Crippen LogP contribution in [0.5, 0.6) is 11.5 Å². The van der Waals surface area contributed by atoms with Crippen molar-refractivity contribution in [1.29, 1.82) is 5.26 Å². The molecule has 1 aromatic carbocycles. The number of carbonyl (C=O) groups is 1. The molecule has 1 amide bonds. The summed E-state index contributed by atoms with van der Waals surface area (Å²) in [5.74, 6) is 0.624. The zero-order valence-electron chi connectivity index (χ0n) is 12.5. The molecule has 0 aliphatic carbocycles. The van der Waals surface area contributed by atoms with Crippen LogP contribution >= 0.6 is 27.3 Å². The molecule has 1 heterocycles. The van der Waals surface area contributed by atoms with Gasteiger partial charge in [0.1, 0.15) is 0 Å². The highest BCUT2D eigenvalue weighted by molar-refractivity contribution is 9.10. The largest absolute Gasteiger partial charge is 0.490 e. The van der Waals surface area contributed by atoms with Crippen LogP contribution in [-0.4, -0.2) is 19.1 Å². The van der Waals surface area contributed by atoms with E-state index in [-0.39, 0.29) is 12.5 Å². The average Bonchev–Trinajstić information content (AvgIpc) is 3.05. The number of nitrogens with zero attached hydrogens (tertiary/aromatic N) is 1. The summed E-state index contributed by atoms with van der Waals surface area (Å²) in [6.45, 7) is 2.62. The van der Waals surface area contributed by atoms with E-state index in [9.17, 15) is 4.79 Å². The lowest BCUT2D eigenvalue weighted by Gasteiger charge is -2.14. The van der Waals surface area contributed by atoms with E-state index in [4.69, 9.17) is 14.7 Å². The van der Waals surface area contributed by atoms with Crippen LogP contribution in [0.15, 0.2) is 34.1 Å². The second kappa shape index (κ2) is 8.56. The lowest BCUT2D eigenvalue weighted by molar-refractivity contribution is -0.123. The highest BCUT2D eigenvalue weighted by Gasteiger charge is 2.14. The van der Waals surface area contributed by atoms with E-state index < -0.39 is 0 Å². The number of hydrogen-bond donors (Lipinski definition) is 1. The number of ether oxygens (including phenoxy) is 2. The molecule has 0 aliphatic heterocycles. The molecular weight excluding hydrogens is 380 g/mol. The van der Waals surface area contributed by atoms with Gasteiger partial charge >= 0.3 is 0 Å². The van der Waals surface area contributed by atoms with E-state index in [0.717, 1.165) is 4.88 Å². The predicted molar refractivity (Wildman–Crippen MR) is 91.7 cm³/mol. The zero-order chi connectivity index (χ0) is 16.7. The maximum Gasteiger partial charge on any atom is 0.258 e. The molecule has 0 aliphatic rings. The molecular formula is C16H15BrN2O3S. The van der Waals surface area contributed by atoms with E-state index >= 15 is 0 Å². The molecule has 0 bridgehead atoms. The third-order valence-corrected chi connectivity index (χ3v) is 4.29. The molecule has 0 saturated heterocycles. The highest BCUT2D eigenvalue weighted by atomic mass is 79.9. The van der Waals surface area contributed by atoms with Crippen molar-refractivity contribution < 1.29 is 14.3 Å². The van der Waals surface area contributed by atoms with Gasteiger partial charge in [-0.2, -0.15) is 5.26 Å². The van der Waals surface area contributed by atoms with Crippen molar-refractivity contribution >= 4 is 33.2 Å². The van der Waals surface area contributed by atoms with E-state index in [1.54, 1.807) is 23.5 Å². The fourth-order valence-corrected chi connectivity index (χ4v) is 3.02. The number of amides is 1. The molecule has 1 aromatic heterocycles. The van der Waals surface area contributed by atoms with Crippen molar-refractivity contribution in [1.82, 2.24) is 5.32 Å². The lowest BCUT2D eigenvalue weighted by atomic mass is 10.2. The molecule has 0 fully saturated rings. The minimum Gasteiger partial charge on any atom is -0.490 e. The smallest absolute Gasteiger partial charge is 0.258 e. The number of hydrogen-bond acceptors (Lipinski definition) is 5. The maximum atomic E-state index is 11.9. The molecule has 23 heavy (non-hydrogen) atoms. The first-order valence-corrected chi connectivity index (χ1v) is 8.59. The van der Waals surface area contributed by atoms with Crippen LogP contribution in [0.1, 0.15) is 17.4 Å². The van der Waals surface area contributed by atoms with Crippen LogP contribution in [0.25, 0.3) is 0 Å². The molecule has 7 heteroatoms. The van der Waals surface area contributed by atoms with Crippen molar-refractivity contribution in [2.45, 2.75) is 13.5 Å². The minimum atomic E-state index is -0.225. The summed E-state index contributed by atoms with van der Waals surface area (Å²) in [5, 5.41) is 13.7. The van der Waals surface area contributed by atoms with Gasteiger partial charge in [-0.25, -0.2) is 0 Å². The molecule has 1 N–H and O–H groups in total. The third-order valence-electron chi connectivity index (χ3n) is 2.83. The summed E-state index contributed by atoms with van der Waals surface area (Å²) < 4.78 is 11.6. The Hall–Kier alpha value is -2.04. The van der Waals surface area contributed by atoms with Crippen LogP contribution in [0.3, 0.4) is 0 Å². The standard InChI is InChI=1S/C16H15BrN2O3S/c1-2-21-14-7-11(8-18)6-13(17)16(14)22-10-15(20)19-9-12-4-3-5-23-12/h3-7H,2,9-10H2,1H3,(H,19,20). The number of benzene rings is 1. The molecule has 2 aromatic rings. The highest BCUT2D eigenvalue weighted by Crippen LogP contribution is 2.36. The van der Waals surface area contributed by atoms with Gasteiger partial charge in [0.2, 0.25) is 0 Å². The first-order chi connectivity index (χ1) is 11.1. The Morgan fingerprint density at radius 3 is 2.91 bits per heavy atom. The summed E-state index contributed by atoms with van der Waals surface area (Å²) >= 11 is 4.92.